The van der Waals surface area contributed by atoms with Crippen LogP contribution in [0.25, 0.3) is 0 Å². The quantitative estimate of drug-likeness (QED) is 0.383. The van der Waals surface area contributed by atoms with Gasteiger partial charge < -0.3 is 21.9 Å². The summed E-state index contributed by atoms with van der Waals surface area (Å²) < 4.78 is 0. The Bertz CT molecular complexity index is 149. The standard InChI is InChI=1S/C4H6O6.Li.Sb.4H/c5-1(3(7)8)2(6)4(9)10;;;;;;/h1-2,5-6H,(H,7,8)(H,9,10);;;;;;/q;+1;;;;;-1. The summed E-state index contributed by atoms with van der Waals surface area (Å²) in [4.78, 5) is 19.5. The molecule has 0 aliphatic heterocycles. The molecule has 8 heteroatoms. The molecule has 0 fully saturated rings. The molecule has 0 rings (SSSR count). The van der Waals surface area contributed by atoms with Gasteiger partial charge in [-0.05, 0) is 0 Å². The molecule has 6 nitrogen and oxygen atoms in total. The van der Waals surface area contributed by atoms with Crippen molar-refractivity contribution >= 4 is 36.4 Å². The van der Waals surface area contributed by atoms with E-state index in [1.807, 2.05) is 0 Å². The van der Waals surface area contributed by atoms with Crippen molar-refractivity contribution < 1.29 is 50.3 Å². The fraction of sp³-hybridized carbons (Fsp3) is 0.500. The van der Waals surface area contributed by atoms with Crippen molar-refractivity contribution in [2.75, 3.05) is 0 Å². The molecule has 0 amide bonds. The molecule has 68 valence electrons. The summed E-state index contributed by atoms with van der Waals surface area (Å²) >= 11 is 0. The van der Waals surface area contributed by atoms with E-state index >= 15 is 0 Å². The van der Waals surface area contributed by atoms with Crippen LogP contribution in [-0.4, -0.2) is 69.0 Å². The van der Waals surface area contributed by atoms with Crippen LogP contribution in [0.1, 0.15) is 1.43 Å². The maximum atomic E-state index is 9.77. The second-order valence-corrected chi connectivity index (χ2v) is 1.57. The van der Waals surface area contributed by atoms with Crippen molar-refractivity contribution in [3.8, 4) is 0 Å². The normalized spacial score (nSPS) is 13.2. The third-order valence-corrected chi connectivity index (χ3v) is 0.805. The topological polar surface area (TPSA) is 115 Å². The third kappa shape index (κ3) is 5.87. The molecule has 0 bridgehead atoms. The van der Waals surface area contributed by atoms with Gasteiger partial charge in [-0.25, -0.2) is 9.59 Å². The van der Waals surface area contributed by atoms with E-state index in [1.54, 1.807) is 0 Å². The van der Waals surface area contributed by atoms with Gasteiger partial charge in [-0.2, -0.15) is 0 Å². The van der Waals surface area contributed by atoms with Crippen molar-refractivity contribution in [1.82, 2.24) is 0 Å². The Hall–Kier alpha value is 0.276. The van der Waals surface area contributed by atoms with E-state index in [0.29, 0.717) is 0 Å². The van der Waals surface area contributed by atoms with Gasteiger partial charge in [0.2, 0.25) is 0 Å². The van der Waals surface area contributed by atoms with E-state index in [4.69, 9.17) is 20.4 Å². The van der Waals surface area contributed by atoms with Crippen LogP contribution >= 0.6 is 0 Å². The van der Waals surface area contributed by atoms with Gasteiger partial charge in [0.15, 0.2) is 12.2 Å². The Morgan fingerprint density at radius 3 is 1.25 bits per heavy atom. The summed E-state index contributed by atoms with van der Waals surface area (Å²) in [7, 11) is 0. The van der Waals surface area contributed by atoms with Crippen LogP contribution in [0.3, 0.4) is 0 Å². The fourth-order valence-electron chi connectivity index (χ4n) is 0.270. The van der Waals surface area contributed by atoms with Crippen LogP contribution < -0.4 is 18.9 Å². The minimum atomic E-state index is -2.27. The molecular weight excluding hydrogens is 273 g/mol. The molecule has 0 radical (unpaired) electrons. The van der Waals surface area contributed by atoms with Gasteiger partial charge in [0.1, 0.15) is 0 Å². The molecule has 0 heterocycles. The third-order valence-electron chi connectivity index (χ3n) is 0.805. The zero-order chi connectivity index (χ0) is 8.31. The number of carboxylic acid groups (broad SMARTS) is 2. The van der Waals surface area contributed by atoms with Gasteiger partial charge in [-0.15, -0.1) is 0 Å². The van der Waals surface area contributed by atoms with Gasteiger partial charge in [0.25, 0.3) is 0 Å². The second-order valence-electron chi connectivity index (χ2n) is 1.57. The molecule has 12 heavy (non-hydrogen) atoms. The molecule has 4 N–H and O–H groups in total. The average molecular weight is 283 g/mol. The van der Waals surface area contributed by atoms with Gasteiger partial charge in [-0.3, -0.25) is 0 Å². The summed E-state index contributed by atoms with van der Waals surface area (Å²) in [5, 5.41) is 32.5. The number of aliphatic hydroxyl groups excluding tert-OH is 2. The van der Waals surface area contributed by atoms with Crippen LogP contribution in [0.2, 0.25) is 0 Å². The van der Waals surface area contributed by atoms with E-state index in [0.717, 1.165) is 0 Å². The zero-order valence-corrected chi connectivity index (χ0v) is 10.5. The van der Waals surface area contributed by atoms with Gasteiger partial charge in [0.05, 0.1) is 0 Å². The Morgan fingerprint density at radius 2 is 1.17 bits per heavy atom. The van der Waals surface area contributed by atoms with Crippen LogP contribution in [0.4, 0.5) is 0 Å². The number of aliphatic carboxylic acids is 2. The van der Waals surface area contributed by atoms with E-state index in [1.165, 1.54) is 0 Å². The molecule has 0 aromatic carbocycles. The first-order valence-corrected chi connectivity index (χ1v) is 2.28. The van der Waals surface area contributed by atoms with Crippen molar-refractivity contribution in [1.29, 1.82) is 0 Å². The van der Waals surface area contributed by atoms with Crippen LogP contribution in [0.15, 0.2) is 0 Å². The Morgan fingerprint density at radius 1 is 1.00 bits per heavy atom. The second kappa shape index (κ2) is 7.90. The first-order chi connectivity index (χ1) is 4.46. The molecule has 2 unspecified atom stereocenters. The predicted octanol–water partition coefficient (Wildman–Crippen LogP) is -6.19. The molecule has 0 saturated carbocycles. The zero-order valence-electron chi connectivity index (χ0n) is 7.47. The van der Waals surface area contributed by atoms with E-state index in [2.05, 4.69) is 0 Å². The maximum absolute atomic E-state index is 9.77. The van der Waals surface area contributed by atoms with Crippen molar-refractivity contribution in [2.24, 2.45) is 0 Å². The van der Waals surface area contributed by atoms with E-state index in [-0.39, 0.29) is 44.7 Å². The van der Waals surface area contributed by atoms with Crippen molar-refractivity contribution in [3.63, 3.8) is 0 Å². The number of carbonyl (C=O) groups is 2. The number of rotatable bonds is 3. The van der Waals surface area contributed by atoms with Gasteiger partial charge in [0, 0.05) is 0 Å². The van der Waals surface area contributed by atoms with Crippen LogP contribution in [0, 0.1) is 0 Å². The monoisotopic (exact) mass is 282 g/mol. The number of carboxylic acids is 2. The molecule has 0 aliphatic carbocycles. The van der Waals surface area contributed by atoms with Crippen molar-refractivity contribution in [3.05, 3.63) is 0 Å². The van der Waals surface area contributed by atoms with E-state index in [9.17, 15) is 9.59 Å². The summed E-state index contributed by atoms with van der Waals surface area (Å²) in [6.07, 6.45) is -4.53. The van der Waals surface area contributed by atoms with Crippen LogP contribution in [0.5, 0.6) is 0 Å². The Balaban J connectivity index is -0.000000135. The minimum absolute atomic E-state index is 0. The molecule has 0 aliphatic rings. The van der Waals surface area contributed by atoms with Crippen molar-refractivity contribution in [2.45, 2.75) is 12.2 Å². The molecule has 0 saturated heterocycles. The van der Waals surface area contributed by atoms with Crippen LogP contribution in [-0.2, 0) is 9.59 Å². The van der Waals surface area contributed by atoms with E-state index < -0.39 is 24.1 Å². The summed E-state index contributed by atoms with van der Waals surface area (Å²) in [5.41, 5.74) is 0. The number of hydrogen-bond donors (Lipinski definition) is 4. The summed E-state index contributed by atoms with van der Waals surface area (Å²) in [6, 6.07) is 0. The molecular formula is C4H10LiO6Sb. The summed E-state index contributed by atoms with van der Waals surface area (Å²) in [5.74, 6) is -3.54. The molecule has 0 spiro atoms. The average Bonchev–Trinajstić information content (AvgIpc) is 1.84. The van der Waals surface area contributed by atoms with Gasteiger partial charge >= 0.3 is 55.2 Å². The molecule has 0 aromatic heterocycles. The number of hydrogen-bond acceptors (Lipinski definition) is 4. The SMILES string of the molecule is O=C(O)C(O)C(O)C(=O)O.[H-].[Li+].[SbH3]. The summed E-state index contributed by atoms with van der Waals surface area (Å²) in [6.45, 7) is 0. The molecule has 2 atom stereocenters. The fourth-order valence-corrected chi connectivity index (χ4v) is 0.270. The molecule has 0 aromatic rings. The first kappa shape index (κ1) is 18.1. The Labute approximate surface area is 98.7 Å². The first-order valence-electron chi connectivity index (χ1n) is 2.28. The Kier molecular flexibility index (Phi) is 11.9. The van der Waals surface area contributed by atoms with Gasteiger partial charge in [-0.1, -0.05) is 0 Å². The predicted molar refractivity (Wildman–Crippen MR) is 38.3 cm³/mol. The number of aliphatic hydroxyl groups is 2.